The second-order valence-electron chi connectivity index (χ2n) is 4.43. The molecule has 0 heterocycles. The molecule has 0 radical (unpaired) electrons. The number of ether oxygens (including phenoxy) is 1. The average Bonchev–Trinajstić information content (AvgIpc) is 2.02. The number of nitrogens with one attached hydrogen (secondary N) is 1. The van der Waals surface area contributed by atoms with E-state index in [-0.39, 0.29) is 6.09 Å². The lowest BCUT2D eigenvalue weighted by Gasteiger charge is -2.09. The summed E-state index contributed by atoms with van der Waals surface area (Å²) < 4.78 is 4.98. The Morgan fingerprint density at radius 3 is 2.21 bits per heavy atom. The molecule has 0 rings (SSSR count). The molecule has 3 nitrogen and oxygen atoms in total. The van der Waals surface area contributed by atoms with E-state index < -0.39 is 0 Å². The summed E-state index contributed by atoms with van der Waals surface area (Å²) in [6.07, 6.45) is 1.64. The normalized spacial score (nSPS) is 10.7. The van der Waals surface area contributed by atoms with Gasteiger partial charge in [0.15, 0.2) is 0 Å². The van der Waals surface area contributed by atoms with Crippen LogP contribution in [0.25, 0.3) is 0 Å². The number of carbonyl (C=O) groups excluding carboxylic acids is 1. The quantitative estimate of drug-likeness (QED) is 0.717. The van der Waals surface area contributed by atoms with Crippen molar-refractivity contribution < 1.29 is 9.53 Å². The van der Waals surface area contributed by atoms with Crippen molar-refractivity contribution in [1.82, 2.24) is 5.32 Å². The van der Waals surface area contributed by atoms with Gasteiger partial charge in [0, 0.05) is 6.54 Å². The fourth-order valence-electron chi connectivity index (χ4n) is 0.901. The molecule has 0 aliphatic rings. The first-order valence-electron chi connectivity index (χ1n) is 5.43. The van der Waals surface area contributed by atoms with Crippen molar-refractivity contribution in [2.24, 2.45) is 11.8 Å². The maximum atomic E-state index is 11.1. The van der Waals surface area contributed by atoms with Gasteiger partial charge < -0.3 is 10.1 Å². The molecule has 0 saturated carbocycles. The second-order valence-corrected chi connectivity index (χ2v) is 4.43. The van der Waals surface area contributed by atoms with Crippen molar-refractivity contribution in [3.63, 3.8) is 0 Å². The summed E-state index contributed by atoms with van der Waals surface area (Å²) in [7, 11) is 0. The van der Waals surface area contributed by atoms with E-state index in [2.05, 4.69) is 33.0 Å². The van der Waals surface area contributed by atoms with Crippen LogP contribution in [0.5, 0.6) is 0 Å². The van der Waals surface area contributed by atoms with Gasteiger partial charge in [-0.15, -0.1) is 0 Å². The number of alkyl carbamates (subject to hydrolysis) is 1. The molecule has 0 bridgehead atoms. The van der Waals surface area contributed by atoms with Crippen molar-refractivity contribution in [1.29, 1.82) is 0 Å². The highest BCUT2D eigenvalue weighted by Gasteiger charge is 2.02. The smallest absolute Gasteiger partial charge is 0.407 e. The Labute approximate surface area is 87.2 Å². The summed E-state index contributed by atoms with van der Waals surface area (Å²) in [6.45, 7) is 9.71. The van der Waals surface area contributed by atoms with Crippen LogP contribution in [-0.4, -0.2) is 19.2 Å². The fourth-order valence-corrected chi connectivity index (χ4v) is 0.901. The van der Waals surface area contributed by atoms with Gasteiger partial charge in [0.1, 0.15) is 0 Å². The van der Waals surface area contributed by atoms with E-state index in [0.29, 0.717) is 25.0 Å². The third-order valence-corrected chi connectivity index (χ3v) is 1.92. The summed E-state index contributed by atoms with van der Waals surface area (Å²) >= 11 is 0. The standard InChI is InChI=1S/C11H23NO2/c1-9(2)5-7-12-11(13)14-8-6-10(3)4/h9-10H,5-8H2,1-4H3,(H,12,13). The highest BCUT2D eigenvalue weighted by atomic mass is 16.5. The zero-order chi connectivity index (χ0) is 11.0. The van der Waals surface area contributed by atoms with Gasteiger partial charge in [0.2, 0.25) is 0 Å². The molecule has 0 spiro atoms. The van der Waals surface area contributed by atoms with Gasteiger partial charge in [-0.05, 0) is 24.7 Å². The van der Waals surface area contributed by atoms with Gasteiger partial charge in [0.05, 0.1) is 6.61 Å². The Bertz CT molecular complexity index is 139. The fraction of sp³-hybridized carbons (Fsp3) is 0.909. The van der Waals surface area contributed by atoms with Gasteiger partial charge in [-0.2, -0.15) is 0 Å². The van der Waals surface area contributed by atoms with Gasteiger partial charge in [-0.3, -0.25) is 0 Å². The maximum Gasteiger partial charge on any atom is 0.407 e. The molecule has 1 N–H and O–H groups in total. The molecule has 0 aromatic carbocycles. The lowest BCUT2D eigenvalue weighted by atomic mass is 10.1. The van der Waals surface area contributed by atoms with Gasteiger partial charge in [-0.1, -0.05) is 27.7 Å². The summed E-state index contributed by atoms with van der Waals surface area (Å²) in [5, 5.41) is 2.73. The minimum Gasteiger partial charge on any atom is -0.450 e. The summed E-state index contributed by atoms with van der Waals surface area (Å²) in [6, 6.07) is 0. The Morgan fingerprint density at radius 1 is 1.14 bits per heavy atom. The minimum absolute atomic E-state index is 0.286. The molecule has 0 aliphatic carbocycles. The first-order valence-corrected chi connectivity index (χ1v) is 5.43. The average molecular weight is 201 g/mol. The van der Waals surface area contributed by atoms with E-state index in [9.17, 15) is 4.79 Å². The second kappa shape index (κ2) is 7.65. The number of hydrogen-bond donors (Lipinski definition) is 1. The molecule has 0 aromatic rings. The van der Waals surface area contributed by atoms with Gasteiger partial charge in [-0.25, -0.2) is 4.79 Å². The van der Waals surface area contributed by atoms with Crippen LogP contribution in [0.4, 0.5) is 4.79 Å². The third kappa shape index (κ3) is 9.36. The molecule has 14 heavy (non-hydrogen) atoms. The zero-order valence-electron chi connectivity index (χ0n) is 9.80. The molecular weight excluding hydrogens is 178 g/mol. The van der Waals surface area contributed by atoms with Gasteiger partial charge in [0.25, 0.3) is 0 Å². The Balaban J connectivity index is 3.28. The van der Waals surface area contributed by atoms with E-state index in [0.717, 1.165) is 12.8 Å². The van der Waals surface area contributed by atoms with Gasteiger partial charge >= 0.3 is 6.09 Å². The van der Waals surface area contributed by atoms with Crippen LogP contribution < -0.4 is 5.32 Å². The van der Waals surface area contributed by atoms with Crippen LogP contribution in [0.3, 0.4) is 0 Å². The lowest BCUT2D eigenvalue weighted by Crippen LogP contribution is -2.26. The molecule has 0 fully saturated rings. The van der Waals surface area contributed by atoms with Crippen LogP contribution >= 0.6 is 0 Å². The summed E-state index contributed by atoms with van der Waals surface area (Å²) in [5.41, 5.74) is 0. The third-order valence-electron chi connectivity index (χ3n) is 1.92. The summed E-state index contributed by atoms with van der Waals surface area (Å²) in [5.74, 6) is 1.20. The van der Waals surface area contributed by atoms with Crippen molar-refractivity contribution in [3.05, 3.63) is 0 Å². The lowest BCUT2D eigenvalue weighted by molar-refractivity contribution is 0.140. The zero-order valence-corrected chi connectivity index (χ0v) is 9.80. The maximum absolute atomic E-state index is 11.1. The Kier molecular flexibility index (Phi) is 7.25. The van der Waals surface area contributed by atoms with Crippen molar-refractivity contribution >= 4 is 6.09 Å². The van der Waals surface area contributed by atoms with E-state index in [1.54, 1.807) is 0 Å². The highest BCUT2D eigenvalue weighted by Crippen LogP contribution is 1.99. The topological polar surface area (TPSA) is 38.3 Å². The monoisotopic (exact) mass is 201 g/mol. The van der Waals surface area contributed by atoms with E-state index >= 15 is 0 Å². The van der Waals surface area contributed by atoms with Crippen LogP contribution in [0.1, 0.15) is 40.5 Å². The van der Waals surface area contributed by atoms with Crippen LogP contribution in [0.2, 0.25) is 0 Å². The van der Waals surface area contributed by atoms with Crippen molar-refractivity contribution in [3.8, 4) is 0 Å². The number of carbonyl (C=O) groups is 1. The molecule has 0 unspecified atom stereocenters. The predicted molar refractivity (Wildman–Crippen MR) is 58.3 cm³/mol. The van der Waals surface area contributed by atoms with Crippen molar-refractivity contribution in [2.45, 2.75) is 40.5 Å². The molecular formula is C11H23NO2. The number of amides is 1. The minimum atomic E-state index is -0.286. The number of rotatable bonds is 6. The molecule has 3 heteroatoms. The molecule has 1 amide bonds. The van der Waals surface area contributed by atoms with Crippen molar-refractivity contribution in [2.75, 3.05) is 13.2 Å². The summed E-state index contributed by atoms with van der Waals surface area (Å²) in [4.78, 5) is 11.1. The van der Waals surface area contributed by atoms with Crippen LogP contribution in [0.15, 0.2) is 0 Å². The highest BCUT2D eigenvalue weighted by molar-refractivity contribution is 5.66. The van der Waals surface area contributed by atoms with Crippen LogP contribution in [-0.2, 0) is 4.74 Å². The SMILES string of the molecule is CC(C)CCNC(=O)OCCC(C)C. The Hall–Kier alpha value is -0.730. The Morgan fingerprint density at radius 2 is 1.71 bits per heavy atom. The molecule has 0 saturated heterocycles. The molecule has 0 aliphatic heterocycles. The van der Waals surface area contributed by atoms with E-state index in [4.69, 9.17) is 4.74 Å². The van der Waals surface area contributed by atoms with Crippen LogP contribution in [0, 0.1) is 11.8 Å². The number of hydrogen-bond acceptors (Lipinski definition) is 2. The largest absolute Gasteiger partial charge is 0.450 e. The first kappa shape index (κ1) is 13.3. The molecule has 84 valence electrons. The van der Waals surface area contributed by atoms with E-state index in [1.807, 2.05) is 0 Å². The molecule has 0 aromatic heterocycles. The predicted octanol–water partition coefficient (Wildman–Crippen LogP) is 2.80. The van der Waals surface area contributed by atoms with E-state index in [1.165, 1.54) is 0 Å². The first-order chi connectivity index (χ1) is 6.52. The molecule has 0 atom stereocenters.